The Morgan fingerprint density at radius 3 is 2.00 bits per heavy atom. The Balaban J connectivity index is 4.65. The van der Waals surface area contributed by atoms with E-state index in [-0.39, 0.29) is 12.3 Å². The molecule has 3 amide bonds. The summed E-state index contributed by atoms with van der Waals surface area (Å²) >= 11 is 0. The Hall–Kier alpha value is -2.73. The highest BCUT2D eigenvalue weighted by Crippen LogP contribution is 2.00. The van der Waals surface area contributed by atoms with Crippen LogP contribution in [0.15, 0.2) is 0 Å². The molecule has 154 valence electrons. The Kier molecular flexibility index (Phi) is 10.6. The Labute approximate surface area is 155 Å². The number of carbonyl (C=O) groups excluding carboxylic acids is 3. The molecule has 27 heavy (non-hydrogen) atoms. The molecule has 8 N–H and O–H groups in total. The molecule has 0 heterocycles. The van der Waals surface area contributed by atoms with Crippen LogP contribution in [0.1, 0.15) is 26.7 Å². The van der Waals surface area contributed by atoms with Gasteiger partial charge in [-0.3, -0.25) is 19.2 Å². The molecule has 12 heteroatoms. The van der Waals surface area contributed by atoms with Gasteiger partial charge in [0.05, 0.1) is 19.2 Å². The number of carbonyl (C=O) groups is 5. The van der Waals surface area contributed by atoms with Crippen LogP contribution in [-0.2, 0) is 24.0 Å². The number of aliphatic carboxylic acids is 2. The molecule has 0 bridgehead atoms. The van der Waals surface area contributed by atoms with Crippen molar-refractivity contribution in [1.82, 2.24) is 16.0 Å². The highest BCUT2D eigenvalue weighted by Gasteiger charge is 2.27. The van der Waals surface area contributed by atoms with E-state index in [2.05, 4.69) is 10.6 Å². The number of hydrogen-bond donors (Lipinski definition) is 7. The molecule has 0 aliphatic heterocycles. The number of amides is 3. The Bertz CT molecular complexity index is 566. The highest BCUT2D eigenvalue weighted by atomic mass is 16.4. The van der Waals surface area contributed by atoms with E-state index in [1.54, 1.807) is 13.8 Å². The average Bonchev–Trinajstić information content (AvgIpc) is 2.59. The fraction of sp³-hybridized carbons (Fsp3) is 0.667. The predicted molar refractivity (Wildman–Crippen MR) is 91.3 cm³/mol. The Morgan fingerprint density at radius 1 is 0.963 bits per heavy atom. The third kappa shape index (κ3) is 9.51. The number of rotatable bonds is 12. The number of aliphatic hydroxyl groups excluding tert-OH is 1. The fourth-order valence-electron chi connectivity index (χ4n) is 1.82. The summed E-state index contributed by atoms with van der Waals surface area (Å²) < 4.78 is 0. The lowest BCUT2D eigenvalue weighted by molar-refractivity contribution is -0.143. The third-order valence-corrected chi connectivity index (χ3v) is 3.54. The normalized spacial score (nSPS) is 14.0. The molecule has 0 aromatic heterocycles. The van der Waals surface area contributed by atoms with E-state index in [4.69, 9.17) is 15.9 Å². The second-order valence-corrected chi connectivity index (χ2v) is 6.12. The largest absolute Gasteiger partial charge is 0.481 e. The minimum atomic E-state index is -1.50. The van der Waals surface area contributed by atoms with E-state index in [1.165, 1.54) is 0 Å². The van der Waals surface area contributed by atoms with Crippen molar-refractivity contribution >= 4 is 29.7 Å². The van der Waals surface area contributed by atoms with E-state index in [0.29, 0.717) is 0 Å². The first-order chi connectivity index (χ1) is 12.5. The van der Waals surface area contributed by atoms with E-state index in [9.17, 15) is 29.1 Å². The van der Waals surface area contributed by atoms with Crippen LogP contribution in [-0.4, -0.2) is 76.3 Å². The van der Waals surface area contributed by atoms with Crippen LogP contribution in [0.25, 0.3) is 0 Å². The maximum absolute atomic E-state index is 12.0. The standard InChI is InChI=1S/C15H26N4O8/c1-7(2)12(16)14(25)17-5-10(21)18-9(6-20)13(24)19-8(15(26)27)3-4-11(22)23/h7-9,12,20H,3-6,16H2,1-2H3,(H,17,25)(H,18,21)(H,19,24)(H,22,23)(H,26,27)/t8-,9-,12-/m0/s1. The summed E-state index contributed by atoms with van der Waals surface area (Å²) in [4.78, 5) is 57.0. The van der Waals surface area contributed by atoms with Gasteiger partial charge in [-0.2, -0.15) is 0 Å². The van der Waals surface area contributed by atoms with Crippen molar-refractivity contribution in [3.8, 4) is 0 Å². The van der Waals surface area contributed by atoms with E-state index in [0.717, 1.165) is 0 Å². The van der Waals surface area contributed by atoms with Gasteiger partial charge in [0.25, 0.3) is 0 Å². The number of nitrogens with two attached hydrogens (primary N) is 1. The summed E-state index contributed by atoms with van der Waals surface area (Å²) in [5, 5.41) is 33.3. The topological polar surface area (TPSA) is 208 Å². The van der Waals surface area contributed by atoms with Gasteiger partial charge in [-0.1, -0.05) is 13.8 Å². The van der Waals surface area contributed by atoms with Gasteiger partial charge in [-0.25, -0.2) is 4.79 Å². The molecule has 0 aliphatic rings. The SMILES string of the molecule is CC(C)[C@H](N)C(=O)NCC(=O)N[C@@H](CO)C(=O)N[C@@H](CCC(=O)O)C(=O)O. The van der Waals surface area contributed by atoms with E-state index in [1.807, 2.05) is 5.32 Å². The minimum Gasteiger partial charge on any atom is -0.481 e. The summed E-state index contributed by atoms with van der Waals surface area (Å²) in [5.74, 6) is -5.22. The number of aliphatic hydroxyl groups is 1. The molecule has 0 spiro atoms. The van der Waals surface area contributed by atoms with Gasteiger partial charge in [0, 0.05) is 6.42 Å². The van der Waals surface area contributed by atoms with Gasteiger partial charge in [0.15, 0.2) is 0 Å². The third-order valence-electron chi connectivity index (χ3n) is 3.54. The lowest BCUT2D eigenvalue weighted by Crippen LogP contribution is -2.55. The maximum Gasteiger partial charge on any atom is 0.326 e. The summed E-state index contributed by atoms with van der Waals surface area (Å²) in [6.07, 6.45) is -0.860. The van der Waals surface area contributed by atoms with Gasteiger partial charge >= 0.3 is 11.9 Å². The Morgan fingerprint density at radius 2 is 1.56 bits per heavy atom. The first-order valence-electron chi connectivity index (χ1n) is 8.18. The van der Waals surface area contributed by atoms with Crippen LogP contribution in [0, 0.1) is 5.92 Å². The molecule has 0 unspecified atom stereocenters. The molecule has 0 fully saturated rings. The molecule has 3 atom stereocenters. The molecule has 12 nitrogen and oxygen atoms in total. The van der Waals surface area contributed by atoms with E-state index < -0.39 is 67.4 Å². The quantitative estimate of drug-likeness (QED) is 0.181. The monoisotopic (exact) mass is 390 g/mol. The molecular formula is C15H26N4O8. The first-order valence-corrected chi connectivity index (χ1v) is 8.18. The van der Waals surface area contributed by atoms with Crippen molar-refractivity contribution in [2.24, 2.45) is 11.7 Å². The van der Waals surface area contributed by atoms with Gasteiger partial charge in [0.2, 0.25) is 17.7 Å². The average molecular weight is 390 g/mol. The van der Waals surface area contributed by atoms with Gasteiger partial charge < -0.3 is 37.0 Å². The van der Waals surface area contributed by atoms with Crippen molar-refractivity contribution in [2.45, 2.75) is 44.8 Å². The minimum absolute atomic E-state index is 0.150. The number of carboxylic acids is 2. The summed E-state index contributed by atoms with van der Waals surface area (Å²) in [6, 6.07) is -3.79. The fourth-order valence-corrected chi connectivity index (χ4v) is 1.82. The van der Waals surface area contributed by atoms with Crippen molar-refractivity contribution in [1.29, 1.82) is 0 Å². The maximum atomic E-state index is 12.0. The summed E-state index contributed by atoms with van der Waals surface area (Å²) in [7, 11) is 0. The number of nitrogens with one attached hydrogen (secondary N) is 3. The molecule has 0 aliphatic carbocycles. The second kappa shape index (κ2) is 11.8. The first kappa shape index (κ1) is 24.3. The highest BCUT2D eigenvalue weighted by molar-refractivity contribution is 5.92. The van der Waals surface area contributed by atoms with Gasteiger partial charge in [0.1, 0.15) is 12.1 Å². The van der Waals surface area contributed by atoms with Crippen LogP contribution in [0.4, 0.5) is 0 Å². The van der Waals surface area contributed by atoms with E-state index >= 15 is 0 Å². The molecule has 0 saturated carbocycles. The summed E-state index contributed by atoms with van der Waals surface area (Å²) in [6.45, 7) is 2.12. The smallest absolute Gasteiger partial charge is 0.326 e. The van der Waals surface area contributed by atoms with Crippen molar-refractivity contribution in [3.05, 3.63) is 0 Å². The van der Waals surface area contributed by atoms with Crippen LogP contribution >= 0.6 is 0 Å². The molecule has 0 aromatic rings. The van der Waals surface area contributed by atoms with Crippen LogP contribution in [0.2, 0.25) is 0 Å². The molecule has 0 aromatic carbocycles. The van der Waals surface area contributed by atoms with Crippen molar-refractivity contribution < 1.29 is 39.3 Å². The van der Waals surface area contributed by atoms with Crippen molar-refractivity contribution in [2.75, 3.05) is 13.2 Å². The van der Waals surface area contributed by atoms with Crippen LogP contribution < -0.4 is 21.7 Å². The summed E-state index contributed by atoms with van der Waals surface area (Å²) in [5.41, 5.74) is 5.61. The number of hydrogen-bond acceptors (Lipinski definition) is 7. The van der Waals surface area contributed by atoms with Gasteiger partial charge in [-0.05, 0) is 12.3 Å². The molecule has 0 rings (SSSR count). The predicted octanol–water partition coefficient (Wildman–Crippen LogP) is -3.00. The van der Waals surface area contributed by atoms with Crippen LogP contribution in [0.3, 0.4) is 0 Å². The van der Waals surface area contributed by atoms with Crippen molar-refractivity contribution in [3.63, 3.8) is 0 Å². The lowest BCUT2D eigenvalue weighted by atomic mass is 10.1. The zero-order chi connectivity index (χ0) is 21.1. The molecule has 0 saturated heterocycles. The second-order valence-electron chi connectivity index (χ2n) is 6.12. The zero-order valence-electron chi connectivity index (χ0n) is 15.1. The van der Waals surface area contributed by atoms with Gasteiger partial charge in [-0.15, -0.1) is 0 Å². The number of carboxylic acid groups (broad SMARTS) is 2. The molecule has 0 radical (unpaired) electrons. The zero-order valence-corrected chi connectivity index (χ0v) is 15.1. The van der Waals surface area contributed by atoms with Crippen LogP contribution in [0.5, 0.6) is 0 Å². The molecular weight excluding hydrogens is 364 g/mol. The lowest BCUT2D eigenvalue weighted by Gasteiger charge is -2.20.